The fourth-order valence-corrected chi connectivity index (χ4v) is 4.51. The van der Waals surface area contributed by atoms with Crippen LogP contribution in [0, 0.1) is 30.1 Å². The topological polar surface area (TPSA) is 43.4 Å². The van der Waals surface area contributed by atoms with E-state index in [1.54, 1.807) is 0 Å². The number of esters is 1. The summed E-state index contributed by atoms with van der Waals surface area (Å²) in [6.07, 6.45) is 1.84. The molecule has 3 rings (SSSR count). The fraction of sp³-hybridized carbons (Fsp3) is 0.579. The first-order valence-corrected chi connectivity index (χ1v) is 7.96. The van der Waals surface area contributed by atoms with Crippen molar-refractivity contribution >= 4 is 11.8 Å². The summed E-state index contributed by atoms with van der Waals surface area (Å²) < 4.78 is 5.72. The monoisotopic (exact) mass is 300 g/mol. The predicted molar refractivity (Wildman–Crippen MR) is 84.7 cm³/mol. The number of benzene rings is 1. The van der Waals surface area contributed by atoms with Crippen LogP contribution in [0.4, 0.5) is 0 Å². The number of carbonyl (C=O) groups is 2. The Labute approximate surface area is 132 Å². The van der Waals surface area contributed by atoms with Crippen LogP contribution in [-0.4, -0.2) is 11.8 Å². The van der Waals surface area contributed by atoms with Gasteiger partial charge in [0.25, 0.3) is 0 Å². The molecular formula is C19H24O3. The molecule has 0 aliphatic heterocycles. The number of aryl methyl sites for hydroxylation is 2. The van der Waals surface area contributed by atoms with Crippen LogP contribution in [0.1, 0.15) is 51.2 Å². The summed E-state index contributed by atoms with van der Waals surface area (Å²) in [6, 6.07) is 5.80. The lowest BCUT2D eigenvalue weighted by molar-refractivity contribution is -0.151. The van der Waals surface area contributed by atoms with Gasteiger partial charge < -0.3 is 4.74 Å². The molecule has 0 amide bonds. The van der Waals surface area contributed by atoms with Gasteiger partial charge >= 0.3 is 5.97 Å². The van der Waals surface area contributed by atoms with Crippen molar-refractivity contribution in [3.63, 3.8) is 0 Å². The molecule has 3 nitrogen and oxygen atoms in total. The first-order chi connectivity index (χ1) is 10.1. The predicted octanol–water partition coefficient (Wildman–Crippen LogP) is 3.99. The van der Waals surface area contributed by atoms with Crippen LogP contribution < -0.4 is 4.74 Å². The summed E-state index contributed by atoms with van der Waals surface area (Å²) in [5.74, 6) is 0.554. The molecule has 1 aromatic carbocycles. The van der Waals surface area contributed by atoms with Gasteiger partial charge in [-0.15, -0.1) is 0 Å². The number of ether oxygens (including phenoxy) is 1. The molecule has 1 aromatic rings. The van der Waals surface area contributed by atoms with Crippen LogP contribution in [0.15, 0.2) is 18.2 Å². The lowest BCUT2D eigenvalue weighted by Gasteiger charge is -2.37. The van der Waals surface area contributed by atoms with Crippen LogP contribution >= 0.6 is 0 Å². The van der Waals surface area contributed by atoms with Gasteiger partial charge in [-0.1, -0.05) is 26.8 Å². The Morgan fingerprint density at radius 2 is 1.64 bits per heavy atom. The zero-order chi connectivity index (χ0) is 16.3. The van der Waals surface area contributed by atoms with E-state index in [-0.39, 0.29) is 17.2 Å². The van der Waals surface area contributed by atoms with Crippen LogP contribution in [0.3, 0.4) is 0 Å². The highest BCUT2D eigenvalue weighted by atomic mass is 16.5. The number of fused-ring (bicyclic) bond motifs is 2. The van der Waals surface area contributed by atoms with Crippen molar-refractivity contribution in [2.24, 2.45) is 16.2 Å². The van der Waals surface area contributed by atoms with Crippen molar-refractivity contribution in [2.75, 3.05) is 0 Å². The van der Waals surface area contributed by atoms with Gasteiger partial charge in [0.2, 0.25) is 0 Å². The first kappa shape index (κ1) is 15.3. The third-order valence-corrected chi connectivity index (χ3v) is 6.50. The molecule has 22 heavy (non-hydrogen) atoms. The minimum absolute atomic E-state index is 0.209. The van der Waals surface area contributed by atoms with Gasteiger partial charge in [-0.2, -0.15) is 0 Å². The second-order valence-electron chi connectivity index (χ2n) is 7.85. The SMILES string of the molecule is Cc1cc(C)cc(OC(=O)[C@]23CC[C@](C)(C(=O)C2)C3(C)C)c1. The molecule has 0 saturated heterocycles. The highest BCUT2D eigenvalue weighted by Crippen LogP contribution is 2.70. The summed E-state index contributed by atoms with van der Waals surface area (Å²) in [7, 11) is 0. The number of carbonyl (C=O) groups excluding carboxylic acids is 2. The van der Waals surface area contributed by atoms with E-state index in [1.165, 1.54) is 0 Å². The first-order valence-electron chi connectivity index (χ1n) is 7.96. The van der Waals surface area contributed by atoms with Crippen LogP contribution in [0.2, 0.25) is 0 Å². The summed E-state index contributed by atoms with van der Waals surface area (Å²) >= 11 is 0. The third-order valence-electron chi connectivity index (χ3n) is 6.50. The zero-order valence-electron chi connectivity index (χ0n) is 14.1. The molecule has 0 heterocycles. The van der Waals surface area contributed by atoms with Crippen molar-refractivity contribution in [3.8, 4) is 5.75 Å². The van der Waals surface area contributed by atoms with Crippen LogP contribution in [0.25, 0.3) is 0 Å². The Kier molecular flexibility index (Phi) is 3.08. The maximum Gasteiger partial charge on any atom is 0.318 e. The Bertz CT molecular complexity index is 653. The van der Waals surface area contributed by atoms with Crippen molar-refractivity contribution in [2.45, 2.75) is 53.9 Å². The highest BCUT2D eigenvalue weighted by Gasteiger charge is 2.73. The summed E-state index contributed by atoms with van der Waals surface area (Å²) in [5.41, 5.74) is 0.717. The molecule has 118 valence electrons. The maximum atomic E-state index is 12.9. The number of hydrogen-bond donors (Lipinski definition) is 0. The molecule has 2 bridgehead atoms. The molecule has 3 heteroatoms. The Balaban J connectivity index is 1.94. The second kappa shape index (κ2) is 4.43. The van der Waals surface area contributed by atoms with Crippen LogP contribution in [0.5, 0.6) is 5.75 Å². The van der Waals surface area contributed by atoms with Crippen molar-refractivity contribution in [1.82, 2.24) is 0 Å². The fourth-order valence-electron chi connectivity index (χ4n) is 4.51. The average molecular weight is 300 g/mol. The number of ketones is 1. The van der Waals surface area contributed by atoms with E-state index in [0.717, 1.165) is 24.0 Å². The number of Topliss-reactive ketones (excluding diaryl/α,β-unsaturated/α-hetero) is 1. The highest BCUT2D eigenvalue weighted by molar-refractivity contribution is 5.98. The molecule has 0 aromatic heterocycles. The van der Waals surface area contributed by atoms with Crippen LogP contribution in [-0.2, 0) is 9.59 Å². The Morgan fingerprint density at radius 3 is 2.09 bits per heavy atom. The minimum atomic E-state index is -0.670. The molecule has 2 aliphatic rings. The molecule has 0 unspecified atom stereocenters. The van der Waals surface area contributed by atoms with Gasteiger partial charge in [0, 0.05) is 11.8 Å². The molecule has 2 saturated carbocycles. The van der Waals surface area contributed by atoms with Gasteiger partial charge in [-0.25, -0.2) is 0 Å². The van der Waals surface area contributed by atoms with Gasteiger partial charge in [0.05, 0.1) is 5.41 Å². The molecule has 0 N–H and O–H groups in total. The van der Waals surface area contributed by atoms with E-state index in [9.17, 15) is 9.59 Å². The average Bonchev–Trinajstić information content (AvgIpc) is 2.67. The summed E-state index contributed by atoms with van der Waals surface area (Å²) in [5, 5.41) is 0. The van der Waals surface area contributed by atoms with E-state index in [0.29, 0.717) is 12.2 Å². The normalized spacial score (nSPS) is 32.3. The molecule has 2 atom stereocenters. The van der Waals surface area contributed by atoms with Crippen molar-refractivity contribution < 1.29 is 14.3 Å². The second-order valence-corrected chi connectivity index (χ2v) is 7.85. The maximum absolute atomic E-state index is 12.9. The molecule has 2 fully saturated rings. The van der Waals surface area contributed by atoms with Gasteiger partial charge in [-0.3, -0.25) is 9.59 Å². The lowest BCUT2D eigenvalue weighted by Crippen LogP contribution is -2.42. The number of rotatable bonds is 2. The van der Waals surface area contributed by atoms with E-state index in [4.69, 9.17) is 4.74 Å². The molecule has 2 aliphatic carbocycles. The van der Waals surface area contributed by atoms with Crippen molar-refractivity contribution in [1.29, 1.82) is 0 Å². The van der Waals surface area contributed by atoms with E-state index in [1.807, 2.05) is 52.8 Å². The number of hydrogen-bond acceptors (Lipinski definition) is 3. The quantitative estimate of drug-likeness (QED) is 0.612. The van der Waals surface area contributed by atoms with E-state index < -0.39 is 10.8 Å². The zero-order valence-corrected chi connectivity index (χ0v) is 14.1. The molecule has 0 spiro atoms. The van der Waals surface area contributed by atoms with Crippen molar-refractivity contribution in [3.05, 3.63) is 29.3 Å². The Hall–Kier alpha value is -1.64. The van der Waals surface area contributed by atoms with Gasteiger partial charge in [-0.05, 0) is 55.4 Å². The largest absolute Gasteiger partial charge is 0.426 e. The minimum Gasteiger partial charge on any atom is -0.426 e. The van der Waals surface area contributed by atoms with E-state index >= 15 is 0 Å². The summed E-state index contributed by atoms with van der Waals surface area (Å²) in [6.45, 7) is 10.1. The third kappa shape index (κ3) is 1.74. The van der Waals surface area contributed by atoms with Gasteiger partial charge in [0.15, 0.2) is 0 Å². The lowest BCUT2D eigenvalue weighted by atomic mass is 9.65. The standard InChI is InChI=1S/C19H24O3/c1-12-8-13(2)10-14(9-12)22-16(21)19-7-6-18(5,15(20)11-19)17(19,3)4/h8-10H,6-7,11H2,1-5H3/t18-,19+/m1/s1. The summed E-state index contributed by atoms with van der Waals surface area (Å²) in [4.78, 5) is 25.4. The molecular weight excluding hydrogens is 276 g/mol. The smallest absolute Gasteiger partial charge is 0.318 e. The Morgan fingerprint density at radius 1 is 1.05 bits per heavy atom. The van der Waals surface area contributed by atoms with E-state index in [2.05, 4.69) is 0 Å². The molecule has 0 radical (unpaired) electrons. The van der Waals surface area contributed by atoms with Gasteiger partial charge in [0.1, 0.15) is 11.5 Å².